The first-order valence-corrected chi connectivity index (χ1v) is 6.25. The maximum atomic E-state index is 11.7. The molecule has 0 aliphatic rings. The summed E-state index contributed by atoms with van der Waals surface area (Å²) in [6, 6.07) is 8.66. The molecule has 1 heterocycles. The molecule has 0 radical (unpaired) electrons. The maximum absolute atomic E-state index is 11.7. The zero-order valence-electron chi connectivity index (χ0n) is 9.81. The fourth-order valence-electron chi connectivity index (χ4n) is 1.43. The van der Waals surface area contributed by atoms with Gasteiger partial charge in [-0.1, -0.05) is 35.3 Å². The Hall–Kier alpha value is -1.84. The van der Waals surface area contributed by atoms with Crippen LogP contribution in [0.1, 0.15) is 5.56 Å². The number of halogens is 2. The topological polar surface area (TPSA) is 42.0 Å². The van der Waals surface area contributed by atoms with Crippen molar-refractivity contribution in [1.82, 2.24) is 4.98 Å². The van der Waals surface area contributed by atoms with Crippen LogP contribution in [0.3, 0.4) is 0 Å². The van der Waals surface area contributed by atoms with Crippen LogP contribution in [-0.4, -0.2) is 10.9 Å². The smallest absolute Gasteiger partial charge is 0.248 e. The first kappa shape index (κ1) is 13.6. The van der Waals surface area contributed by atoms with Gasteiger partial charge in [0, 0.05) is 24.2 Å². The molecule has 5 heteroatoms. The average Bonchev–Trinajstić information content (AvgIpc) is 2.42. The second-order valence-corrected chi connectivity index (χ2v) is 4.49. The fraction of sp³-hybridized carbons (Fsp3) is 0. The number of anilines is 1. The van der Waals surface area contributed by atoms with Gasteiger partial charge in [-0.05, 0) is 29.8 Å². The number of aromatic nitrogens is 1. The predicted octanol–water partition coefficient (Wildman–Crippen LogP) is 4.04. The molecule has 96 valence electrons. The molecule has 0 aliphatic heterocycles. The quantitative estimate of drug-likeness (QED) is 0.868. The summed E-state index contributed by atoms with van der Waals surface area (Å²) in [7, 11) is 0. The van der Waals surface area contributed by atoms with Gasteiger partial charge in [-0.15, -0.1) is 0 Å². The lowest BCUT2D eigenvalue weighted by atomic mass is 10.2. The van der Waals surface area contributed by atoms with Crippen molar-refractivity contribution < 1.29 is 4.79 Å². The van der Waals surface area contributed by atoms with E-state index in [1.807, 2.05) is 0 Å². The summed E-state index contributed by atoms with van der Waals surface area (Å²) >= 11 is 11.9. The van der Waals surface area contributed by atoms with Crippen LogP contribution in [0.4, 0.5) is 5.69 Å². The Balaban J connectivity index is 2.06. The molecule has 0 spiro atoms. The molecule has 0 saturated carbocycles. The van der Waals surface area contributed by atoms with Crippen LogP contribution < -0.4 is 5.32 Å². The summed E-state index contributed by atoms with van der Waals surface area (Å²) in [6.07, 6.45) is 6.23. The molecule has 1 aromatic carbocycles. The van der Waals surface area contributed by atoms with Crippen LogP contribution in [0.15, 0.2) is 48.8 Å². The lowest BCUT2D eigenvalue weighted by Crippen LogP contribution is -2.07. The van der Waals surface area contributed by atoms with Gasteiger partial charge in [0.1, 0.15) is 0 Å². The van der Waals surface area contributed by atoms with Gasteiger partial charge >= 0.3 is 0 Å². The zero-order valence-corrected chi connectivity index (χ0v) is 11.3. The highest BCUT2D eigenvalue weighted by Gasteiger charge is 2.02. The zero-order chi connectivity index (χ0) is 13.7. The molecule has 0 unspecified atom stereocenters. The Morgan fingerprint density at radius 2 is 1.89 bits per heavy atom. The molecule has 1 N–H and O–H groups in total. The first-order chi connectivity index (χ1) is 9.16. The van der Waals surface area contributed by atoms with Crippen LogP contribution in [0.2, 0.25) is 10.0 Å². The van der Waals surface area contributed by atoms with Crippen molar-refractivity contribution in [2.75, 3.05) is 5.32 Å². The first-order valence-electron chi connectivity index (χ1n) is 5.50. The Bertz CT molecular complexity index is 612. The van der Waals surface area contributed by atoms with Crippen LogP contribution >= 0.6 is 23.2 Å². The highest BCUT2D eigenvalue weighted by Crippen LogP contribution is 2.26. The van der Waals surface area contributed by atoms with E-state index in [9.17, 15) is 4.79 Å². The normalized spacial score (nSPS) is 10.6. The van der Waals surface area contributed by atoms with Gasteiger partial charge in [0.05, 0.1) is 10.0 Å². The third kappa shape index (κ3) is 3.81. The van der Waals surface area contributed by atoms with Gasteiger partial charge in [-0.2, -0.15) is 0 Å². The minimum Gasteiger partial charge on any atom is -0.322 e. The van der Waals surface area contributed by atoms with E-state index in [1.165, 1.54) is 6.08 Å². The summed E-state index contributed by atoms with van der Waals surface area (Å²) in [5.74, 6) is -0.248. The Labute approximate surface area is 120 Å². The molecule has 1 aromatic heterocycles. The highest BCUT2D eigenvalue weighted by molar-refractivity contribution is 6.42. The van der Waals surface area contributed by atoms with Crippen molar-refractivity contribution in [3.8, 4) is 0 Å². The van der Waals surface area contributed by atoms with Gasteiger partial charge < -0.3 is 5.32 Å². The number of carbonyl (C=O) groups is 1. The molecule has 0 saturated heterocycles. The third-order valence-corrected chi connectivity index (χ3v) is 3.18. The van der Waals surface area contributed by atoms with Crippen molar-refractivity contribution in [2.24, 2.45) is 0 Å². The molecule has 2 aromatic rings. The van der Waals surface area contributed by atoms with Crippen LogP contribution in [0.25, 0.3) is 6.08 Å². The van der Waals surface area contributed by atoms with Crippen molar-refractivity contribution >= 4 is 40.9 Å². The van der Waals surface area contributed by atoms with Crippen LogP contribution in [-0.2, 0) is 4.79 Å². The molecule has 0 fully saturated rings. The summed E-state index contributed by atoms with van der Waals surface area (Å²) in [5.41, 5.74) is 1.38. The van der Waals surface area contributed by atoms with Gasteiger partial charge in [-0.3, -0.25) is 9.78 Å². The molecule has 2 rings (SSSR count). The van der Waals surface area contributed by atoms with Crippen molar-refractivity contribution in [3.05, 3.63) is 64.4 Å². The van der Waals surface area contributed by atoms with Gasteiger partial charge in [-0.25, -0.2) is 0 Å². The van der Waals surface area contributed by atoms with Gasteiger partial charge in [0.25, 0.3) is 0 Å². The molecular formula is C14H10Cl2N2O. The molecule has 0 bridgehead atoms. The van der Waals surface area contributed by atoms with Crippen molar-refractivity contribution in [3.63, 3.8) is 0 Å². The molecule has 0 aliphatic carbocycles. The number of nitrogens with zero attached hydrogens (tertiary/aromatic N) is 1. The largest absolute Gasteiger partial charge is 0.322 e. The van der Waals surface area contributed by atoms with Crippen LogP contribution in [0, 0.1) is 0 Å². The number of rotatable bonds is 3. The van der Waals surface area contributed by atoms with E-state index >= 15 is 0 Å². The lowest BCUT2D eigenvalue weighted by Gasteiger charge is -2.02. The van der Waals surface area contributed by atoms with Gasteiger partial charge in [0.2, 0.25) is 5.91 Å². The van der Waals surface area contributed by atoms with Crippen molar-refractivity contribution in [2.45, 2.75) is 0 Å². The minimum absolute atomic E-state index is 0.248. The molecule has 3 nitrogen and oxygen atoms in total. The summed E-state index contributed by atoms with van der Waals surface area (Å²) in [5, 5.41) is 3.59. The number of benzene rings is 1. The third-order valence-electron chi connectivity index (χ3n) is 2.34. The standard InChI is InChI=1S/C14H10Cl2N2O/c15-12-3-1-2-10(14(12)16)4-5-13(19)18-11-6-8-17-9-7-11/h1-9H,(H,17,18,19)/b5-4+. The van der Waals surface area contributed by atoms with E-state index in [0.717, 1.165) is 0 Å². The van der Waals surface area contributed by atoms with E-state index < -0.39 is 0 Å². The summed E-state index contributed by atoms with van der Waals surface area (Å²) in [4.78, 5) is 15.6. The fourth-order valence-corrected chi connectivity index (χ4v) is 1.80. The Morgan fingerprint density at radius 3 is 2.63 bits per heavy atom. The van der Waals surface area contributed by atoms with E-state index in [4.69, 9.17) is 23.2 Å². The summed E-state index contributed by atoms with van der Waals surface area (Å²) in [6.45, 7) is 0. The predicted molar refractivity (Wildman–Crippen MR) is 78.4 cm³/mol. The second-order valence-electron chi connectivity index (χ2n) is 3.70. The number of amides is 1. The number of nitrogens with one attached hydrogen (secondary N) is 1. The number of pyridine rings is 1. The maximum Gasteiger partial charge on any atom is 0.248 e. The lowest BCUT2D eigenvalue weighted by molar-refractivity contribution is -0.111. The molecule has 1 amide bonds. The second kappa shape index (κ2) is 6.36. The SMILES string of the molecule is O=C(/C=C/c1cccc(Cl)c1Cl)Nc1ccncc1. The number of hydrogen-bond donors (Lipinski definition) is 1. The van der Waals surface area contributed by atoms with E-state index in [-0.39, 0.29) is 5.91 Å². The van der Waals surface area contributed by atoms with Gasteiger partial charge in [0.15, 0.2) is 0 Å². The summed E-state index contributed by atoms with van der Waals surface area (Å²) < 4.78 is 0. The molecule has 19 heavy (non-hydrogen) atoms. The van der Waals surface area contributed by atoms with Crippen LogP contribution in [0.5, 0.6) is 0 Å². The van der Waals surface area contributed by atoms with E-state index in [0.29, 0.717) is 21.3 Å². The van der Waals surface area contributed by atoms with E-state index in [2.05, 4.69) is 10.3 Å². The Kier molecular flexibility index (Phi) is 4.55. The minimum atomic E-state index is -0.248. The molecule has 0 atom stereocenters. The molecular weight excluding hydrogens is 283 g/mol. The van der Waals surface area contributed by atoms with Crippen molar-refractivity contribution in [1.29, 1.82) is 0 Å². The monoisotopic (exact) mass is 292 g/mol. The Morgan fingerprint density at radius 1 is 1.16 bits per heavy atom. The average molecular weight is 293 g/mol. The number of carbonyl (C=O) groups excluding carboxylic acids is 1. The number of hydrogen-bond acceptors (Lipinski definition) is 2. The highest BCUT2D eigenvalue weighted by atomic mass is 35.5. The van der Waals surface area contributed by atoms with E-state index in [1.54, 1.807) is 48.8 Å².